The van der Waals surface area contributed by atoms with Crippen LogP contribution in [0.5, 0.6) is 0 Å². The Morgan fingerprint density at radius 2 is 2.15 bits per heavy atom. The number of fused-ring (bicyclic) bond motifs is 1. The van der Waals surface area contributed by atoms with E-state index in [0.29, 0.717) is 30.8 Å². The van der Waals surface area contributed by atoms with Gasteiger partial charge in [0.2, 0.25) is 21.8 Å². The number of hydrogen-bond acceptors (Lipinski definition) is 5. The summed E-state index contributed by atoms with van der Waals surface area (Å²) < 4.78 is 27.6. The molecule has 1 fully saturated rings. The first kappa shape index (κ1) is 19.2. The third-order valence-electron chi connectivity index (χ3n) is 4.52. The van der Waals surface area contributed by atoms with E-state index in [-0.39, 0.29) is 29.2 Å². The lowest BCUT2D eigenvalue weighted by Gasteiger charge is -2.15. The molecule has 0 aromatic heterocycles. The summed E-state index contributed by atoms with van der Waals surface area (Å²) in [5, 5.41) is 2.80. The number of benzene rings is 1. The molecule has 0 saturated carbocycles. The second kappa shape index (κ2) is 7.98. The van der Waals surface area contributed by atoms with E-state index in [2.05, 4.69) is 10.0 Å². The van der Waals surface area contributed by atoms with Crippen LogP contribution in [0, 0.1) is 5.92 Å². The van der Waals surface area contributed by atoms with Gasteiger partial charge in [0.1, 0.15) is 0 Å². The molecule has 3 rings (SSSR count). The second-order valence-electron chi connectivity index (χ2n) is 6.59. The number of anilines is 1. The Bertz CT molecular complexity index is 810. The van der Waals surface area contributed by atoms with Gasteiger partial charge in [0.15, 0.2) is 0 Å². The van der Waals surface area contributed by atoms with Crippen LogP contribution in [-0.4, -0.2) is 50.5 Å². The van der Waals surface area contributed by atoms with Gasteiger partial charge in [-0.05, 0) is 31.0 Å². The van der Waals surface area contributed by atoms with Crippen molar-refractivity contribution in [2.45, 2.75) is 36.0 Å². The fourth-order valence-corrected chi connectivity index (χ4v) is 5.06. The van der Waals surface area contributed by atoms with E-state index in [4.69, 9.17) is 0 Å². The Morgan fingerprint density at radius 3 is 2.88 bits per heavy atom. The lowest BCUT2D eigenvalue weighted by atomic mass is 10.2. The highest BCUT2D eigenvalue weighted by Gasteiger charge is 2.23. The lowest BCUT2D eigenvalue weighted by Crippen LogP contribution is -2.30. The maximum Gasteiger partial charge on any atom is 0.240 e. The molecule has 0 radical (unpaired) electrons. The first-order chi connectivity index (χ1) is 12.4. The molecular formula is C17H23N3O4S2. The molecule has 2 aliphatic rings. The molecular weight excluding hydrogens is 374 g/mol. The topological polar surface area (TPSA) is 95.6 Å². The van der Waals surface area contributed by atoms with Gasteiger partial charge in [0.05, 0.1) is 10.6 Å². The summed E-state index contributed by atoms with van der Waals surface area (Å²) in [5.41, 5.74) is 0.537. The van der Waals surface area contributed by atoms with E-state index in [1.54, 1.807) is 28.8 Å². The molecule has 1 saturated heterocycles. The van der Waals surface area contributed by atoms with E-state index in [9.17, 15) is 18.0 Å². The SMILES string of the molecule is C[C@@H]1CSc2ccc(S(=O)(=O)NCCCN3CCCC3=O)cc2NC1=O. The van der Waals surface area contributed by atoms with Gasteiger partial charge in [0, 0.05) is 42.6 Å². The molecule has 1 atom stereocenters. The smallest absolute Gasteiger partial charge is 0.240 e. The zero-order valence-electron chi connectivity index (χ0n) is 14.7. The van der Waals surface area contributed by atoms with Crippen molar-refractivity contribution < 1.29 is 18.0 Å². The van der Waals surface area contributed by atoms with Crippen LogP contribution in [0.1, 0.15) is 26.2 Å². The summed E-state index contributed by atoms with van der Waals surface area (Å²) in [4.78, 5) is 26.3. The third-order valence-corrected chi connectivity index (χ3v) is 7.32. The van der Waals surface area contributed by atoms with Crippen molar-refractivity contribution in [3.05, 3.63) is 18.2 Å². The molecule has 0 spiro atoms. The van der Waals surface area contributed by atoms with Gasteiger partial charge in [-0.3, -0.25) is 9.59 Å². The molecule has 9 heteroatoms. The highest BCUT2D eigenvalue weighted by molar-refractivity contribution is 7.99. The summed E-state index contributed by atoms with van der Waals surface area (Å²) >= 11 is 1.54. The van der Waals surface area contributed by atoms with Crippen molar-refractivity contribution in [1.82, 2.24) is 9.62 Å². The molecule has 0 unspecified atom stereocenters. The average molecular weight is 398 g/mol. The van der Waals surface area contributed by atoms with Gasteiger partial charge in [0.25, 0.3) is 0 Å². The third kappa shape index (κ3) is 4.39. The molecule has 2 N–H and O–H groups in total. The van der Waals surface area contributed by atoms with Gasteiger partial charge < -0.3 is 10.2 Å². The lowest BCUT2D eigenvalue weighted by molar-refractivity contribution is -0.127. The minimum Gasteiger partial charge on any atom is -0.343 e. The Balaban J connectivity index is 1.61. The van der Waals surface area contributed by atoms with Gasteiger partial charge in [-0.2, -0.15) is 0 Å². The predicted octanol–water partition coefficient (Wildman–Crippen LogP) is 1.66. The van der Waals surface area contributed by atoms with Crippen molar-refractivity contribution in [2.24, 2.45) is 5.92 Å². The number of hydrogen-bond donors (Lipinski definition) is 2. The maximum absolute atomic E-state index is 12.5. The van der Waals surface area contributed by atoms with Crippen molar-refractivity contribution in [3.63, 3.8) is 0 Å². The van der Waals surface area contributed by atoms with Crippen LogP contribution in [0.3, 0.4) is 0 Å². The van der Waals surface area contributed by atoms with Crippen molar-refractivity contribution in [3.8, 4) is 0 Å². The highest BCUT2D eigenvalue weighted by Crippen LogP contribution is 2.34. The number of nitrogens with zero attached hydrogens (tertiary/aromatic N) is 1. The Hall–Kier alpha value is -1.58. The van der Waals surface area contributed by atoms with Crippen molar-refractivity contribution >= 4 is 39.3 Å². The minimum atomic E-state index is -3.66. The number of carbonyl (C=O) groups excluding carboxylic acids is 2. The summed E-state index contributed by atoms with van der Waals surface area (Å²) in [6.07, 6.45) is 2.03. The summed E-state index contributed by atoms with van der Waals surface area (Å²) in [5.74, 6) is 0.576. The molecule has 7 nitrogen and oxygen atoms in total. The molecule has 2 amide bonds. The van der Waals surface area contributed by atoms with E-state index < -0.39 is 10.0 Å². The zero-order valence-corrected chi connectivity index (χ0v) is 16.3. The number of likely N-dealkylation sites (tertiary alicyclic amines) is 1. The predicted molar refractivity (Wildman–Crippen MR) is 101 cm³/mol. The van der Waals surface area contributed by atoms with E-state index in [1.165, 1.54) is 6.07 Å². The summed E-state index contributed by atoms with van der Waals surface area (Å²) in [7, 11) is -3.66. The fourth-order valence-electron chi connectivity index (χ4n) is 2.95. The number of sulfonamides is 1. The fraction of sp³-hybridized carbons (Fsp3) is 0.529. The Labute approximate surface area is 158 Å². The van der Waals surface area contributed by atoms with Gasteiger partial charge in [-0.15, -0.1) is 11.8 Å². The summed E-state index contributed by atoms with van der Waals surface area (Å²) in [6.45, 7) is 3.43. The van der Waals surface area contributed by atoms with Crippen molar-refractivity contribution in [2.75, 3.05) is 30.7 Å². The Morgan fingerprint density at radius 1 is 1.35 bits per heavy atom. The van der Waals surface area contributed by atoms with Crippen LogP contribution in [-0.2, 0) is 19.6 Å². The van der Waals surface area contributed by atoms with Gasteiger partial charge in [-0.25, -0.2) is 13.1 Å². The molecule has 0 bridgehead atoms. The van der Waals surface area contributed by atoms with Crippen LogP contribution >= 0.6 is 11.8 Å². The number of nitrogens with one attached hydrogen (secondary N) is 2. The van der Waals surface area contributed by atoms with E-state index >= 15 is 0 Å². The molecule has 2 heterocycles. The van der Waals surface area contributed by atoms with Crippen LogP contribution in [0.15, 0.2) is 28.0 Å². The highest BCUT2D eigenvalue weighted by atomic mass is 32.2. The van der Waals surface area contributed by atoms with Crippen LogP contribution in [0.2, 0.25) is 0 Å². The van der Waals surface area contributed by atoms with Gasteiger partial charge >= 0.3 is 0 Å². The van der Waals surface area contributed by atoms with Crippen molar-refractivity contribution in [1.29, 1.82) is 0 Å². The number of amides is 2. The molecule has 0 aliphatic carbocycles. The van der Waals surface area contributed by atoms with Crippen LogP contribution < -0.4 is 10.0 Å². The molecule has 26 heavy (non-hydrogen) atoms. The standard InChI is InChI=1S/C17H23N3O4S2/c1-12-11-25-15-6-5-13(10-14(15)19-17(12)22)26(23,24)18-7-3-9-20-8-2-4-16(20)21/h5-6,10,12,18H,2-4,7-9,11H2,1H3,(H,19,22)/t12-/m1/s1. The molecule has 1 aromatic carbocycles. The minimum absolute atomic E-state index is 0.103. The normalized spacial score (nSPS) is 20.7. The first-order valence-corrected chi connectivity index (χ1v) is 11.2. The largest absolute Gasteiger partial charge is 0.343 e. The number of thioether (sulfide) groups is 1. The zero-order chi connectivity index (χ0) is 18.7. The average Bonchev–Trinajstić information content (AvgIpc) is 2.95. The van der Waals surface area contributed by atoms with Crippen LogP contribution in [0.4, 0.5) is 5.69 Å². The van der Waals surface area contributed by atoms with Gasteiger partial charge in [-0.1, -0.05) is 6.92 Å². The summed E-state index contributed by atoms with van der Waals surface area (Å²) in [6, 6.07) is 4.79. The first-order valence-electron chi connectivity index (χ1n) is 8.72. The quantitative estimate of drug-likeness (QED) is 0.712. The second-order valence-corrected chi connectivity index (χ2v) is 9.42. The number of rotatable bonds is 6. The van der Waals surface area contributed by atoms with E-state index in [1.807, 2.05) is 6.92 Å². The monoisotopic (exact) mass is 397 g/mol. The number of carbonyl (C=O) groups is 2. The molecule has 142 valence electrons. The van der Waals surface area contributed by atoms with E-state index in [0.717, 1.165) is 17.9 Å². The maximum atomic E-state index is 12.5. The molecule has 1 aromatic rings. The van der Waals surface area contributed by atoms with Crippen LogP contribution in [0.25, 0.3) is 0 Å². The molecule has 2 aliphatic heterocycles. The Kier molecular flexibility index (Phi) is 5.89.